The van der Waals surface area contributed by atoms with Crippen molar-refractivity contribution >= 4 is 5.91 Å². The topological polar surface area (TPSA) is 55.2 Å². The number of halogens is 1. The number of nitrogens with zero attached hydrogens (tertiary/aromatic N) is 3. The molecule has 1 atom stereocenters. The van der Waals surface area contributed by atoms with Gasteiger partial charge in [-0.3, -0.25) is 9.59 Å². The molecule has 0 spiro atoms. The summed E-state index contributed by atoms with van der Waals surface area (Å²) in [4.78, 5) is 26.1. The van der Waals surface area contributed by atoms with Crippen molar-refractivity contribution in [2.75, 3.05) is 13.1 Å². The van der Waals surface area contributed by atoms with Crippen LogP contribution in [0.25, 0.3) is 0 Å². The highest BCUT2D eigenvalue weighted by molar-refractivity contribution is 5.76. The first-order chi connectivity index (χ1) is 11.6. The molecule has 126 valence electrons. The van der Waals surface area contributed by atoms with Gasteiger partial charge >= 0.3 is 0 Å². The van der Waals surface area contributed by atoms with Gasteiger partial charge in [-0.05, 0) is 36.6 Å². The lowest BCUT2D eigenvalue weighted by Gasteiger charge is -2.25. The van der Waals surface area contributed by atoms with Crippen LogP contribution in [0.2, 0.25) is 0 Å². The molecule has 0 radical (unpaired) electrons. The predicted molar refractivity (Wildman–Crippen MR) is 88.1 cm³/mol. The second-order valence-corrected chi connectivity index (χ2v) is 6.10. The van der Waals surface area contributed by atoms with Crippen LogP contribution in [-0.4, -0.2) is 33.7 Å². The van der Waals surface area contributed by atoms with E-state index in [1.807, 2.05) is 0 Å². The molecule has 2 heterocycles. The molecular formula is C18H20FN3O2. The van der Waals surface area contributed by atoms with Crippen molar-refractivity contribution in [2.24, 2.45) is 0 Å². The molecule has 2 aromatic rings. The van der Waals surface area contributed by atoms with Crippen LogP contribution < -0.4 is 5.56 Å². The van der Waals surface area contributed by atoms with E-state index in [-0.39, 0.29) is 29.7 Å². The number of hydrogen-bond donors (Lipinski definition) is 0. The summed E-state index contributed by atoms with van der Waals surface area (Å²) in [6.07, 6.45) is 4.42. The Morgan fingerprint density at radius 3 is 2.75 bits per heavy atom. The van der Waals surface area contributed by atoms with E-state index >= 15 is 0 Å². The third-order valence-corrected chi connectivity index (χ3v) is 4.44. The Kier molecular flexibility index (Phi) is 5.03. The fourth-order valence-corrected chi connectivity index (χ4v) is 3.11. The molecule has 1 aromatic heterocycles. The van der Waals surface area contributed by atoms with Crippen molar-refractivity contribution in [1.82, 2.24) is 14.7 Å². The van der Waals surface area contributed by atoms with Crippen LogP contribution in [0, 0.1) is 5.82 Å². The molecule has 1 amide bonds. The van der Waals surface area contributed by atoms with Gasteiger partial charge in [0.2, 0.25) is 5.91 Å². The van der Waals surface area contributed by atoms with E-state index in [0.29, 0.717) is 13.1 Å². The summed E-state index contributed by atoms with van der Waals surface area (Å²) in [7, 11) is 0. The molecule has 0 N–H and O–H groups in total. The zero-order valence-corrected chi connectivity index (χ0v) is 13.4. The Labute approximate surface area is 139 Å². The van der Waals surface area contributed by atoms with Gasteiger partial charge in [-0.15, -0.1) is 0 Å². The molecule has 1 aromatic carbocycles. The van der Waals surface area contributed by atoms with Crippen LogP contribution in [0.15, 0.2) is 47.4 Å². The number of rotatable bonds is 3. The molecule has 3 rings (SSSR count). The SMILES string of the molecule is O=C(Cn1ncccc1=O)N1CCCCC(c2ccc(F)cc2)C1. The highest BCUT2D eigenvalue weighted by atomic mass is 19.1. The largest absolute Gasteiger partial charge is 0.340 e. The molecule has 24 heavy (non-hydrogen) atoms. The average Bonchev–Trinajstić information content (AvgIpc) is 2.84. The van der Waals surface area contributed by atoms with Gasteiger partial charge in [-0.2, -0.15) is 5.10 Å². The highest BCUT2D eigenvalue weighted by Gasteiger charge is 2.23. The maximum Gasteiger partial charge on any atom is 0.267 e. The van der Waals surface area contributed by atoms with Crippen molar-refractivity contribution in [3.8, 4) is 0 Å². The second kappa shape index (κ2) is 7.38. The number of aromatic nitrogens is 2. The van der Waals surface area contributed by atoms with Gasteiger partial charge in [0.1, 0.15) is 12.4 Å². The smallest absolute Gasteiger partial charge is 0.267 e. The molecule has 0 saturated carbocycles. The third-order valence-electron chi connectivity index (χ3n) is 4.44. The average molecular weight is 329 g/mol. The van der Waals surface area contributed by atoms with E-state index in [9.17, 15) is 14.0 Å². The van der Waals surface area contributed by atoms with E-state index in [4.69, 9.17) is 0 Å². The normalized spacial score (nSPS) is 18.2. The number of carbonyl (C=O) groups is 1. The van der Waals surface area contributed by atoms with Crippen molar-refractivity contribution in [2.45, 2.75) is 31.7 Å². The summed E-state index contributed by atoms with van der Waals surface area (Å²) in [5, 5.41) is 3.94. The van der Waals surface area contributed by atoms with E-state index in [1.54, 1.807) is 23.1 Å². The molecule has 1 aliphatic rings. The molecular weight excluding hydrogens is 309 g/mol. The van der Waals surface area contributed by atoms with Gasteiger partial charge in [0.25, 0.3) is 5.56 Å². The Balaban J connectivity index is 1.72. The zero-order chi connectivity index (χ0) is 16.9. The Hall–Kier alpha value is -2.50. The Morgan fingerprint density at radius 2 is 2.00 bits per heavy atom. The standard InChI is InChI=1S/C18H20FN3O2/c19-16-8-6-14(7-9-16)15-4-1-2-11-21(12-15)18(24)13-22-17(23)5-3-10-20-22/h3,5-10,15H,1-2,4,11-13H2. The van der Waals surface area contributed by atoms with Crippen molar-refractivity contribution in [1.29, 1.82) is 0 Å². The van der Waals surface area contributed by atoms with Crippen LogP contribution in [0.5, 0.6) is 0 Å². The molecule has 6 heteroatoms. The summed E-state index contributed by atoms with van der Waals surface area (Å²) in [6, 6.07) is 9.44. The minimum atomic E-state index is -0.282. The molecule has 1 unspecified atom stereocenters. The molecule has 0 bridgehead atoms. The number of benzene rings is 1. The summed E-state index contributed by atoms with van der Waals surface area (Å²) in [6.45, 7) is 1.22. The second-order valence-electron chi connectivity index (χ2n) is 6.10. The lowest BCUT2D eigenvalue weighted by Crippen LogP contribution is -2.39. The van der Waals surface area contributed by atoms with Crippen LogP contribution in [0.4, 0.5) is 4.39 Å². The predicted octanol–water partition coefficient (Wildman–Crippen LogP) is 2.18. The number of amides is 1. The van der Waals surface area contributed by atoms with Crippen molar-refractivity contribution in [3.05, 3.63) is 64.3 Å². The maximum atomic E-state index is 13.1. The quantitative estimate of drug-likeness (QED) is 0.867. The van der Waals surface area contributed by atoms with Gasteiger partial charge in [-0.25, -0.2) is 9.07 Å². The lowest BCUT2D eigenvalue weighted by atomic mass is 9.94. The molecule has 1 fully saturated rings. The lowest BCUT2D eigenvalue weighted by molar-refractivity contribution is -0.132. The zero-order valence-electron chi connectivity index (χ0n) is 13.4. The Bertz CT molecular complexity index is 757. The third kappa shape index (κ3) is 3.88. The highest BCUT2D eigenvalue weighted by Crippen LogP contribution is 2.26. The summed E-state index contributed by atoms with van der Waals surface area (Å²) < 4.78 is 14.3. The first-order valence-corrected chi connectivity index (χ1v) is 8.19. The monoisotopic (exact) mass is 329 g/mol. The van der Waals surface area contributed by atoms with Crippen molar-refractivity contribution in [3.63, 3.8) is 0 Å². The van der Waals surface area contributed by atoms with E-state index in [2.05, 4.69) is 5.10 Å². The maximum absolute atomic E-state index is 13.1. The van der Waals surface area contributed by atoms with E-state index < -0.39 is 0 Å². The summed E-state index contributed by atoms with van der Waals surface area (Å²) in [5.41, 5.74) is 0.766. The van der Waals surface area contributed by atoms with Crippen LogP contribution in [0.3, 0.4) is 0 Å². The fourth-order valence-electron chi connectivity index (χ4n) is 3.11. The van der Waals surface area contributed by atoms with E-state index in [1.165, 1.54) is 29.1 Å². The van der Waals surface area contributed by atoms with Gasteiger partial charge in [0.15, 0.2) is 0 Å². The van der Waals surface area contributed by atoms with Gasteiger partial charge in [-0.1, -0.05) is 18.6 Å². The first kappa shape index (κ1) is 16.4. The minimum Gasteiger partial charge on any atom is -0.340 e. The van der Waals surface area contributed by atoms with Crippen LogP contribution in [-0.2, 0) is 11.3 Å². The first-order valence-electron chi connectivity index (χ1n) is 8.19. The number of likely N-dealkylation sites (tertiary alicyclic amines) is 1. The minimum absolute atomic E-state index is 0.0458. The van der Waals surface area contributed by atoms with Crippen molar-refractivity contribution < 1.29 is 9.18 Å². The van der Waals surface area contributed by atoms with E-state index in [0.717, 1.165) is 24.8 Å². The fraction of sp³-hybridized carbons (Fsp3) is 0.389. The van der Waals surface area contributed by atoms with Gasteiger partial charge in [0.05, 0.1) is 0 Å². The molecule has 1 aliphatic heterocycles. The van der Waals surface area contributed by atoms with Crippen LogP contribution in [0.1, 0.15) is 30.7 Å². The molecule has 5 nitrogen and oxygen atoms in total. The van der Waals surface area contributed by atoms with Crippen LogP contribution >= 0.6 is 0 Å². The Morgan fingerprint density at radius 1 is 1.21 bits per heavy atom. The molecule has 0 aliphatic carbocycles. The number of hydrogen-bond acceptors (Lipinski definition) is 3. The van der Waals surface area contributed by atoms with Gasteiger partial charge in [0, 0.05) is 31.3 Å². The van der Waals surface area contributed by atoms with Gasteiger partial charge < -0.3 is 4.90 Å². The molecule has 1 saturated heterocycles. The number of carbonyl (C=O) groups excluding carboxylic acids is 1. The summed E-state index contributed by atoms with van der Waals surface area (Å²) in [5.74, 6) is -0.169. The summed E-state index contributed by atoms with van der Waals surface area (Å²) >= 11 is 0.